The summed E-state index contributed by atoms with van der Waals surface area (Å²) < 4.78 is 2.03. The van der Waals surface area contributed by atoms with Crippen molar-refractivity contribution in [3.05, 3.63) is 18.0 Å². The van der Waals surface area contributed by atoms with Crippen molar-refractivity contribution in [2.75, 3.05) is 0 Å². The van der Waals surface area contributed by atoms with E-state index in [1.54, 1.807) is 13.8 Å². The SMILES string of the molecule is CC(C)(N)C(=O)Cc1ccn(C2CCCCC2)n1. The van der Waals surface area contributed by atoms with Crippen molar-refractivity contribution in [1.29, 1.82) is 0 Å². The van der Waals surface area contributed by atoms with Crippen LogP contribution in [0, 0.1) is 0 Å². The molecule has 1 aromatic heterocycles. The van der Waals surface area contributed by atoms with Gasteiger partial charge in [-0.15, -0.1) is 0 Å². The molecule has 100 valence electrons. The van der Waals surface area contributed by atoms with Gasteiger partial charge in [-0.3, -0.25) is 9.48 Å². The maximum absolute atomic E-state index is 11.8. The number of nitrogens with two attached hydrogens (primary N) is 1. The van der Waals surface area contributed by atoms with Crippen LogP contribution in [0.25, 0.3) is 0 Å². The van der Waals surface area contributed by atoms with Crippen LogP contribution >= 0.6 is 0 Å². The average molecular weight is 249 g/mol. The number of Topliss-reactive ketones (excluding diaryl/α,β-unsaturated/α-hetero) is 1. The van der Waals surface area contributed by atoms with Gasteiger partial charge in [-0.1, -0.05) is 19.3 Å². The zero-order valence-electron chi connectivity index (χ0n) is 11.4. The first-order valence-electron chi connectivity index (χ1n) is 6.83. The molecule has 1 fully saturated rings. The van der Waals surface area contributed by atoms with Crippen LogP contribution < -0.4 is 5.73 Å². The Morgan fingerprint density at radius 1 is 1.44 bits per heavy atom. The minimum Gasteiger partial charge on any atom is -0.319 e. The van der Waals surface area contributed by atoms with Crippen LogP contribution in [0.1, 0.15) is 57.7 Å². The number of carbonyl (C=O) groups excluding carboxylic acids is 1. The van der Waals surface area contributed by atoms with Crippen molar-refractivity contribution in [3.63, 3.8) is 0 Å². The van der Waals surface area contributed by atoms with E-state index >= 15 is 0 Å². The molecule has 1 saturated carbocycles. The van der Waals surface area contributed by atoms with E-state index in [1.807, 2.05) is 16.9 Å². The molecular formula is C14H23N3O. The summed E-state index contributed by atoms with van der Waals surface area (Å²) in [5, 5.41) is 4.53. The highest BCUT2D eigenvalue weighted by atomic mass is 16.1. The van der Waals surface area contributed by atoms with Crippen molar-refractivity contribution in [3.8, 4) is 0 Å². The van der Waals surface area contributed by atoms with Crippen LogP contribution in [-0.4, -0.2) is 21.1 Å². The van der Waals surface area contributed by atoms with Crippen molar-refractivity contribution in [2.24, 2.45) is 5.73 Å². The number of aromatic nitrogens is 2. The van der Waals surface area contributed by atoms with Gasteiger partial charge in [0.25, 0.3) is 0 Å². The van der Waals surface area contributed by atoms with E-state index in [0.29, 0.717) is 12.5 Å². The summed E-state index contributed by atoms with van der Waals surface area (Å²) in [5.41, 5.74) is 5.86. The minimum atomic E-state index is -0.769. The summed E-state index contributed by atoms with van der Waals surface area (Å²) in [6, 6.07) is 2.46. The first kappa shape index (κ1) is 13.3. The molecule has 1 aliphatic rings. The number of nitrogens with zero attached hydrogens (tertiary/aromatic N) is 2. The monoisotopic (exact) mass is 249 g/mol. The summed E-state index contributed by atoms with van der Waals surface area (Å²) in [6.45, 7) is 3.49. The average Bonchev–Trinajstić information content (AvgIpc) is 2.77. The van der Waals surface area contributed by atoms with Crippen molar-refractivity contribution < 1.29 is 4.79 Å². The highest BCUT2D eigenvalue weighted by molar-refractivity contribution is 5.88. The molecule has 2 rings (SSSR count). The van der Waals surface area contributed by atoms with Gasteiger partial charge in [0.05, 0.1) is 23.7 Å². The van der Waals surface area contributed by atoms with E-state index in [2.05, 4.69) is 5.10 Å². The number of ketones is 1. The highest BCUT2D eigenvalue weighted by Gasteiger charge is 2.23. The van der Waals surface area contributed by atoms with Crippen LogP contribution in [-0.2, 0) is 11.2 Å². The zero-order valence-corrected chi connectivity index (χ0v) is 11.4. The Morgan fingerprint density at radius 3 is 2.72 bits per heavy atom. The third-order valence-corrected chi connectivity index (χ3v) is 3.67. The van der Waals surface area contributed by atoms with E-state index in [1.165, 1.54) is 32.1 Å². The second-order valence-corrected chi connectivity index (χ2v) is 5.90. The molecule has 0 unspecified atom stereocenters. The van der Waals surface area contributed by atoms with E-state index in [0.717, 1.165) is 5.69 Å². The van der Waals surface area contributed by atoms with E-state index < -0.39 is 5.54 Å². The van der Waals surface area contributed by atoms with Crippen LogP contribution in [0.2, 0.25) is 0 Å². The number of hydrogen-bond donors (Lipinski definition) is 1. The van der Waals surface area contributed by atoms with Gasteiger partial charge in [0.1, 0.15) is 0 Å². The molecule has 0 radical (unpaired) electrons. The van der Waals surface area contributed by atoms with Crippen LogP contribution in [0.15, 0.2) is 12.3 Å². The number of carbonyl (C=O) groups is 1. The highest BCUT2D eigenvalue weighted by Crippen LogP contribution is 2.27. The molecule has 4 nitrogen and oxygen atoms in total. The standard InChI is InChI=1S/C14H23N3O/c1-14(2,15)13(18)10-11-8-9-17(16-11)12-6-4-3-5-7-12/h8-9,12H,3-7,10,15H2,1-2H3. The van der Waals surface area contributed by atoms with E-state index in [4.69, 9.17) is 5.73 Å². The molecule has 0 bridgehead atoms. The fourth-order valence-corrected chi connectivity index (χ4v) is 2.41. The second-order valence-electron chi connectivity index (χ2n) is 5.90. The quantitative estimate of drug-likeness (QED) is 0.890. The molecule has 0 aliphatic heterocycles. The van der Waals surface area contributed by atoms with Gasteiger partial charge >= 0.3 is 0 Å². The topological polar surface area (TPSA) is 60.9 Å². The third-order valence-electron chi connectivity index (χ3n) is 3.67. The Balaban J connectivity index is 1.99. The fourth-order valence-electron chi connectivity index (χ4n) is 2.41. The van der Waals surface area contributed by atoms with Crippen LogP contribution in [0.3, 0.4) is 0 Å². The lowest BCUT2D eigenvalue weighted by molar-refractivity contribution is -0.122. The molecule has 1 heterocycles. The van der Waals surface area contributed by atoms with Gasteiger partial charge in [0.2, 0.25) is 0 Å². The summed E-state index contributed by atoms with van der Waals surface area (Å²) in [5.74, 6) is 0.0383. The minimum absolute atomic E-state index is 0.0383. The molecule has 18 heavy (non-hydrogen) atoms. The Labute approximate surface area is 109 Å². The summed E-state index contributed by atoms with van der Waals surface area (Å²) in [7, 11) is 0. The van der Waals surface area contributed by atoms with E-state index in [-0.39, 0.29) is 5.78 Å². The van der Waals surface area contributed by atoms with Gasteiger partial charge in [0, 0.05) is 6.20 Å². The van der Waals surface area contributed by atoms with Gasteiger partial charge in [-0.25, -0.2) is 0 Å². The lowest BCUT2D eigenvalue weighted by Gasteiger charge is -2.21. The predicted octanol–water partition coefficient (Wildman–Crippen LogP) is 2.24. The maximum atomic E-state index is 11.8. The second kappa shape index (κ2) is 5.22. The zero-order chi connectivity index (χ0) is 13.2. The van der Waals surface area contributed by atoms with Crippen LogP contribution in [0.5, 0.6) is 0 Å². The lowest BCUT2D eigenvalue weighted by Crippen LogP contribution is -2.42. The molecular weight excluding hydrogens is 226 g/mol. The van der Waals surface area contributed by atoms with Crippen molar-refractivity contribution in [1.82, 2.24) is 9.78 Å². The number of rotatable bonds is 4. The van der Waals surface area contributed by atoms with Gasteiger partial charge in [-0.05, 0) is 32.8 Å². The Kier molecular flexibility index (Phi) is 3.85. The lowest BCUT2D eigenvalue weighted by atomic mass is 9.96. The Bertz CT molecular complexity index is 411. The molecule has 0 atom stereocenters. The first-order chi connectivity index (χ1) is 8.47. The third kappa shape index (κ3) is 3.19. The fraction of sp³-hybridized carbons (Fsp3) is 0.714. The largest absolute Gasteiger partial charge is 0.319 e. The Hall–Kier alpha value is -1.16. The van der Waals surface area contributed by atoms with Gasteiger partial charge in [0.15, 0.2) is 5.78 Å². The number of hydrogen-bond acceptors (Lipinski definition) is 3. The van der Waals surface area contributed by atoms with E-state index in [9.17, 15) is 4.79 Å². The molecule has 1 aromatic rings. The molecule has 2 N–H and O–H groups in total. The Morgan fingerprint density at radius 2 is 2.11 bits per heavy atom. The summed E-state index contributed by atoms with van der Waals surface area (Å²) in [6.07, 6.45) is 8.66. The predicted molar refractivity (Wildman–Crippen MR) is 71.3 cm³/mol. The van der Waals surface area contributed by atoms with Crippen molar-refractivity contribution in [2.45, 2.75) is 64.0 Å². The maximum Gasteiger partial charge on any atom is 0.158 e. The van der Waals surface area contributed by atoms with Crippen molar-refractivity contribution >= 4 is 5.78 Å². The smallest absolute Gasteiger partial charge is 0.158 e. The van der Waals surface area contributed by atoms with Gasteiger partial charge in [-0.2, -0.15) is 5.10 Å². The van der Waals surface area contributed by atoms with Gasteiger partial charge < -0.3 is 5.73 Å². The first-order valence-corrected chi connectivity index (χ1v) is 6.83. The molecule has 0 spiro atoms. The molecule has 0 aromatic carbocycles. The summed E-state index contributed by atoms with van der Waals surface area (Å²) >= 11 is 0. The molecule has 1 aliphatic carbocycles. The normalized spacial score (nSPS) is 17.9. The molecule has 0 saturated heterocycles. The molecule has 4 heteroatoms. The van der Waals surface area contributed by atoms with Crippen LogP contribution in [0.4, 0.5) is 0 Å². The molecule has 0 amide bonds. The summed E-state index contributed by atoms with van der Waals surface area (Å²) in [4.78, 5) is 11.8.